The van der Waals surface area contributed by atoms with Gasteiger partial charge in [0, 0.05) is 38.0 Å². The molecule has 0 atom stereocenters. The van der Waals surface area contributed by atoms with Crippen molar-refractivity contribution in [2.45, 2.75) is 39.5 Å². The fraction of sp³-hybridized carbons (Fsp3) is 0.107. The first-order chi connectivity index (χ1) is 29.3. The molecule has 5 heteroatoms. The average molecular weight is 970 g/mol. The van der Waals surface area contributed by atoms with E-state index in [1.54, 1.807) is 6.07 Å². The van der Waals surface area contributed by atoms with Gasteiger partial charge in [-0.3, -0.25) is 0 Å². The van der Waals surface area contributed by atoms with Crippen LogP contribution in [0.3, 0.4) is 0 Å². The first kappa shape index (κ1) is 39.8. The summed E-state index contributed by atoms with van der Waals surface area (Å²) in [6.07, 6.45) is 2.16. The Morgan fingerprint density at radius 3 is 1.74 bits per heavy atom. The minimum absolute atomic E-state index is 0. The van der Waals surface area contributed by atoms with Crippen LogP contribution in [0.1, 0.15) is 50.7 Å². The van der Waals surface area contributed by atoms with Gasteiger partial charge in [0.15, 0.2) is 0 Å². The number of hydrogen-bond acceptors (Lipinski definition) is 3. The molecule has 61 heavy (non-hydrogen) atoms. The number of nitrogens with zero attached hydrogens (tertiary/aromatic N) is 3. The summed E-state index contributed by atoms with van der Waals surface area (Å²) in [5.74, 6) is 1.57. The molecule has 0 aliphatic carbocycles. The Kier molecular flexibility index (Phi) is 10.7. The zero-order valence-electron chi connectivity index (χ0n) is 34.5. The van der Waals surface area contributed by atoms with Gasteiger partial charge in [0.25, 0.3) is 0 Å². The van der Waals surface area contributed by atoms with Gasteiger partial charge < -0.3 is 9.67 Å². The number of hydrogen-bond donors (Lipinski definition) is 1. The minimum Gasteiger partial charge on any atom is -0.507 e. The summed E-state index contributed by atoms with van der Waals surface area (Å²) in [6, 6.07) is 63.3. The SMILES string of the molecule is CC(C)c1cccc(C(C)C)c1-n1cc(-c2ccc3ccc4cccc(O)c4c3n2)nc1-c1cccc2ccc(-c3c(-c4ccccc4)cccc3-c3ccccc3)[c-]c12.[Pt]. The van der Waals surface area contributed by atoms with Crippen LogP contribution < -0.4 is 0 Å². The third-order valence-corrected chi connectivity index (χ3v) is 11.8. The van der Waals surface area contributed by atoms with Gasteiger partial charge in [-0.2, -0.15) is 0 Å². The Balaban J connectivity index is 0.00000476. The van der Waals surface area contributed by atoms with Crippen LogP contribution in [0.4, 0.5) is 0 Å². The van der Waals surface area contributed by atoms with Crippen molar-refractivity contribution in [3.63, 3.8) is 0 Å². The number of fused-ring (bicyclic) bond motifs is 4. The van der Waals surface area contributed by atoms with E-state index in [0.29, 0.717) is 0 Å². The number of rotatable bonds is 8. The molecule has 0 unspecified atom stereocenters. The quantitative estimate of drug-likeness (QED) is 0.122. The van der Waals surface area contributed by atoms with Gasteiger partial charge in [-0.15, -0.1) is 29.1 Å². The molecule has 0 aliphatic heterocycles. The number of imidazole rings is 1. The molecule has 2 heterocycles. The maximum atomic E-state index is 11.0. The predicted octanol–water partition coefficient (Wildman–Crippen LogP) is 14.8. The molecule has 0 radical (unpaired) electrons. The van der Waals surface area contributed by atoms with Crippen molar-refractivity contribution in [1.82, 2.24) is 14.5 Å². The van der Waals surface area contributed by atoms with E-state index in [2.05, 4.69) is 184 Å². The van der Waals surface area contributed by atoms with Crippen molar-refractivity contribution < 1.29 is 26.2 Å². The van der Waals surface area contributed by atoms with E-state index in [1.165, 1.54) is 11.1 Å². The van der Waals surface area contributed by atoms with Crippen molar-refractivity contribution in [2.24, 2.45) is 0 Å². The summed E-state index contributed by atoms with van der Waals surface area (Å²) in [7, 11) is 0. The van der Waals surface area contributed by atoms with Gasteiger partial charge in [-0.25, -0.2) is 9.97 Å². The van der Waals surface area contributed by atoms with Crippen molar-refractivity contribution >= 4 is 32.4 Å². The summed E-state index contributed by atoms with van der Waals surface area (Å²) < 4.78 is 2.30. The second kappa shape index (κ2) is 16.4. The number of phenolic OH excluding ortho intramolecular Hbond substituents is 1. The monoisotopic (exact) mass is 969 g/mol. The van der Waals surface area contributed by atoms with Gasteiger partial charge in [0.05, 0.1) is 16.9 Å². The van der Waals surface area contributed by atoms with E-state index < -0.39 is 0 Å². The molecule has 0 saturated heterocycles. The maximum Gasteiger partial charge on any atom is 0.125 e. The van der Waals surface area contributed by atoms with Crippen LogP contribution in [0.5, 0.6) is 5.75 Å². The van der Waals surface area contributed by atoms with E-state index >= 15 is 0 Å². The van der Waals surface area contributed by atoms with E-state index in [0.717, 1.165) is 94.3 Å². The molecule has 1 N–H and O–H groups in total. The Hall–Kier alpha value is -6.61. The van der Waals surface area contributed by atoms with E-state index in [9.17, 15) is 5.11 Å². The van der Waals surface area contributed by atoms with Gasteiger partial charge >= 0.3 is 0 Å². The van der Waals surface area contributed by atoms with E-state index in [-0.39, 0.29) is 38.7 Å². The minimum atomic E-state index is 0. The third kappa shape index (κ3) is 7.15. The normalized spacial score (nSPS) is 11.5. The first-order valence-electron chi connectivity index (χ1n) is 20.8. The van der Waals surface area contributed by atoms with Crippen LogP contribution in [0.2, 0.25) is 0 Å². The molecule has 0 saturated carbocycles. The molecule has 10 aromatic rings. The largest absolute Gasteiger partial charge is 0.507 e. The van der Waals surface area contributed by atoms with Crippen LogP contribution >= 0.6 is 0 Å². The molecular formula is C56H44N3OPt-. The van der Waals surface area contributed by atoms with Gasteiger partial charge in [0.1, 0.15) is 17.3 Å². The average Bonchev–Trinajstić information content (AvgIpc) is 3.73. The molecule has 0 fully saturated rings. The molecule has 0 amide bonds. The zero-order valence-corrected chi connectivity index (χ0v) is 36.8. The van der Waals surface area contributed by atoms with Crippen LogP contribution in [0.15, 0.2) is 176 Å². The maximum absolute atomic E-state index is 11.0. The second-order valence-electron chi connectivity index (χ2n) is 16.2. The molecule has 2 aromatic heterocycles. The Morgan fingerprint density at radius 2 is 1.07 bits per heavy atom. The summed E-state index contributed by atoms with van der Waals surface area (Å²) in [5, 5.41) is 15.8. The van der Waals surface area contributed by atoms with Crippen LogP contribution in [0.25, 0.3) is 94.3 Å². The molecular weight excluding hydrogens is 926 g/mol. The number of benzene rings is 8. The van der Waals surface area contributed by atoms with Crippen molar-refractivity contribution in [2.75, 3.05) is 0 Å². The first-order valence-corrected chi connectivity index (χ1v) is 20.8. The van der Waals surface area contributed by atoms with Gasteiger partial charge in [-0.1, -0.05) is 184 Å². The van der Waals surface area contributed by atoms with Crippen molar-refractivity contribution in [1.29, 1.82) is 0 Å². The smallest absolute Gasteiger partial charge is 0.125 e. The van der Waals surface area contributed by atoms with Crippen LogP contribution in [-0.4, -0.2) is 19.6 Å². The summed E-state index contributed by atoms with van der Waals surface area (Å²) >= 11 is 0. The Morgan fingerprint density at radius 1 is 0.508 bits per heavy atom. The number of aromatic hydroxyl groups is 1. The molecule has 0 aliphatic rings. The van der Waals surface area contributed by atoms with E-state index in [1.807, 2.05) is 24.3 Å². The third-order valence-electron chi connectivity index (χ3n) is 11.8. The standard InChI is InChI=1S/C56H44N3O.Pt/c1-35(2)43-21-13-22-44(36(3)4)55(43)59-34-50(49-32-31-41-29-28-40-20-12-26-51(60)53(40)54(41)57-49)58-56(59)47-25-11-19-39-27-30-42(33-48(39)47)52-45(37-15-7-5-8-16-37)23-14-24-46(52)38-17-9-6-10-18-38;/h5-32,34-36,60H,1-4H3;/q-1;. The summed E-state index contributed by atoms with van der Waals surface area (Å²) in [4.78, 5) is 10.8. The predicted molar refractivity (Wildman–Crippen MR) is 250 cm³/mol. The summed E-state index contributed by atoms with van der Waals surface area (Å²) in [5.41, 5.74) is 13.6. The molecule has 8 aromatic carbocycles. The molecule has 0 spiro atoms. The van der Waals surface area contributed by atoms with Crippen molar-refractivity contribution in [3.05, 3.63) is 193 Å². The van der Waals surface area contributed by atoms with Gasteiger partial charge in [-0.05, 0) is 68.3 Å². The molecule has 10 rings (SSSR count). The molecule has 0 bridgehead atoms. The fourth-order valence-electron chi connectivity index (χ4n) is 8.82. The number of aromatic nitrogens is 3. The molecule has 300 valence electrons. The Labute approximate surface area is 371 Å². The zero-order chi connectivity index (χ0) is 40.9. The van der Waals surface area contributed by atoms with E-state index in [4.69, 9.17) is 9.97 Å². The number of pyridine rings is 1. The van der Waals surface area contributed by atoms with Crippen LogP contribution in [-0.2, 0) is 21.1 Å². The fourth-order valence-corrected chi connectivity index (χ4v) is 8.82. The second-order valence-corrected chi connectivity index (χ2v) is 16.2. The number of para-hydroxylation sites is 1. The summed E-state index contributed by atoms with van der Waals surface area (Å²) in [6.45, 7) is 9.04. The van der Waals surface area contributed by atoms with Gasteiger partial charge in [0.2, 0.25) is 0 Å². The topological polar surface area (TPSA) is 50.9 Å². The molecule has 4 nitrogen and oxygen atoms in total. The van der Waals surface area contributed by atoms with Crippen LogP contribution in [0, 0.1) is 6.07 Å². The Bertz CT molecular complexity index is 3140. The van der Waals surface area contributed by atoms with Crippen molar-refractivity contribution in [3.8, 4) is 67.6 Å². The number of phenols is 1.